The van der Waals surface area contributed by atoms with Crippen molar-refractivity contribution < 1.29 is 23.9 Å². The summed E-state index contributed by atoms with van der Waals surface area (Å²) in [6.45, 7) is 7.99. The van der Waals surface area contributed by atoms with Crippen LogP contribution in [0.25, 0.3) is 0 Å². The molecule has 4 aliphatic rings. The van der Waals surface area contributed by atoms with Gasteiger partial charge in [-0.15, -0.1) is 0 Å². The summed E-state index contributed by atoms with van der Waals surface area (Å²) in [4.78, 5) is 41.1. The van der Waals surface area contributed by atoms with Gasteiger partial charge in [0.1, 0.15) is 30.5 Å². The van der Waals surface area contributed by atoms with E-state index in [1.165, 1.54) is 4.90 Å². The lowest BCUT2D eigenvalue weighted by molar-refractivity contribution is -0.134. The molecule has 1 aliphatic heterocycles. The Kier molecular flexibility index (Phi) is 4.93. The molecule has 162 valence electrons. The fourth-order valence-corrected chi connectivity index (χ4v) is 5.33. The highest BCUT2D eigenvalue weighted by atomic mass is 16.5. The van der Waals surface area contributed by atoms with Crippen LogP contribution in [0.3, 0.4) is 0 Å². The van der Waals surface area contributed by atoms with E-state index in [0.29, 0.717) is 30.4 Å². The highest BCUT2D eigenvalue weighted by Gasteiger charge is 2.62. The third-order valence-corrected chi connectivity index (χ3v) is 6.58. The van der Waals surface area contributed by atoms with Crippen molar-refractivity contribution in [2.45, 2.75) is 18.3 Å². The second kappa shape index (κ2) is 7.79. The van der Waals surface area contributed by atoms with Crippen molar-refractivity contribution in [2.24, 2.45) is 11.8 Å². The zero-order chi connectivity index (χ0) is 22.4. The van der Waals surface area contributed by atoms with Crippen LogP contribution in [0, 0.1) is 11.8 Å². The van der Waals surface area contributed by atoms with Gasteiger partial charge in [-0.05, 0) is 47.5 Å². The minimum absolute atomic E-state index is 0.0146. The van der Waals surface area contributed by atoms with E-state index in [0.717, 1.165) is 11.1 Å². The Morgan fingerprint density at radius 1 is 0.844 bits per heavy atom. The maximum Gasteiger partial charge on any atom is 0.238 e. The molecule has 0 N–H and O–H groups in total. The number of carbonyl (C=O) groups excluding carboxylic acids is 3. The Morgan fingerprint density at radius 3 is 2.16 bits per heavy atom. The van der Waals surface area contributed by atoms with Crippen molar-refractivity contribution in [2.75, 3.05) is 18.1 Å². The van der Waals surface area contributed by atoms with Gasteiger partial charge in [0.05, 0.1) is 23.4 Å². The number of rotatable bonds is 7. The smallest absolute Gasteiger partial charge is 0.238 e. The van der Waals surface area contributed by atoms with E-state index >= 15 is 0 Å². The molecule has 1 heterocycles. The Balaban J connectivity index is 1.50. The Bertz CT molecular complexity index is 1140. The first-order chi connectivity index (χ1) is 15.5. The number of amides is 2. The van der Waals surface area contributed by atoms with Crippen LogP contribution in [-0.4, -0.2) is 30.8 Å². The van der Waals surface area contributed by atoms with E-state index in [1.807, 2.05) is 18.2 Å². The van der Waals surface area contributed by atoms with Crippen LogP contribution >= 0.6 is 0 Å². The number of ketones is 1. The lowest BCUT2D eigenvalue weighted by Gasteiger charge is -2.43. The van der Waals surface area contributed by atoms with Gasteiger partial charge in [-0.1, -0.05) is 31.4 Å². The lowest BCUT2D eigenvalue weighted by atomic mass is 9.56. The summed E-state index contributed by atoms with van der Waals surface area (Å²) in [6, 6.07) is 12.5. The number of fused-ring (bicyclic) bond motifs is 1. The van der Waals surface area contributed by atoms with Crippen LogP contribution in [0.2, 0.25) is 0 Å². The molecule has 2 aromatic rings. The zero-order valence-corrected chi connectivity index (χ0v) is 17.5. The topological polar surface area (TPSA) is 72.9 Å². The Morgan fingerprint density at radius 2 is 1.47 bits per heavy atom. The molecule has 6 rings (SSSR count). The minimum atomic E-state index is -0.674. The maximum atomic E-state index is 13.5. The van der Waals surface area contributed by atoms with E-state index in [1.54, 1.807) is 36.4 Å². The zero-order valence-electron chi connectivity index (χ0n) is 17.5. The summed E-state index contributed by atoms with van der Waals surface area (Å²) in [5.41, 5.74) is 2.27. The largest absolute Gasteiger partial charge is 0.490 e. The molecule has 0 spiro atoms. The van der Waals surface area contributed by atoms with Crippen molar-refractivity contribution in [3.8, 4) is 11.5 Å². The summed E-state index contributed by atoms with van der Waals surface area (Å²) in [5, 5.41) is 0. The molecule has 0 aromatic heterocycles. The minimum Gasteiger partial charge on any atom is -0.490 e. The third-order valence-electron chi connectivity index (χ3n) is 6.58. The van der Waals surface area contributed by atoms with Crippen molar-refractivity contribution in [3.63, 3.8) is 0 Å². The number of ether oxygens (including phenoxy) is 2. The predicted molar refractivity (Wildman–Crippen MR) is 119 cm³/mol. The van der Waals surface area contributed by atoms with Gasteiger partial charge < -0.3 is 9.47 Å². The summed E-state index contributed by atoms with van der Waals surface area (Å²) >= 11 is 0. The van der Waals surface area contributed by atoms with Crippen LogP contribution < -0.4 is 14.4 Å². The number of benzene rings is 2. The molecule has 1 saturated carbocycles. The number of Topliss-reactive ketones (excluding diaryl/α,β-unsaturated/α-hetero) is 1. The molecule has 0 radical (unpaired) electrons. The number of anilines is 1. The molecular formula is C26H23NO5. The quantitative estimate of drug-likeness (QED) is 0.495. The van der Waals surface area contributed by atoms with Gasteiger partial charge in [0.2, 0.25) is 11.8 Å². The van der Waals surface area contributed by atoms with E-state index in [2.05, 4.69) is 13.2 Å². The number of nitrogens with zero attached hydrogens (tertiary/aromatic N) is 1. The molecule has 4 atom stereocenters. The molecule has 6 heteroatoms. The van der Waals surface area contributed by atoms with E-state index < -0.39 is 17.8 Å². The van der Waals surface area contributed by atoms with E-state index in [9.17, 15) is 14.4 Å². The number of hydrogen-bond donors (Lipinski definition) is 0. The molecule has 2 amide bonds. The summed E-state index contributed by atoms with van der Waals surface area (Å²) in [7, 11) is 0. The molecular weight excluding hydrogens is 406 g/mol. The second-order valence-corrected chi connectivity index (χ2v) is 8.30. The average molecular weight is 429 g/mol. The molecule has 6 nitrogen and oxygen atoms in total. The molecule has 3 aliphatic carbocycles. The molecule has 2 bridgehead atoms. The first kappa shape index (κ1) is 20.2. The van der Waals surface area contributed by atoms with Crippen molar-refractivity contribution >= 4 is 23.3 Å². The van der Waals surface area contributed by atoms with Crippen LogP contribution in [0.4, 0.5) is 5.69 Å². The predicted octanol–water partition coefficient (Wildman–Crippen LogP) is 3.78. The van der Waals surface area contributed by atoms with Gasteiger partial charge in [0.25, 0.3) is 0 Å². The monoisotopic (exact) mass is 429 g/mol. The molecule has 1 saturated heterocycles. The Labute approximate surface area is 186 Å². The van der Waals surface area contributed by atoms with Crippen LogP contribution in [-0.2, 0) is 14.4 Å². The standard InChI is InChI=1S/C26H23NO5/c1-3-11-31-16-7-5-15(6-8-16)27-25(29)23-20-14-21(28)22(24(23)26(27)30)19-13-17(32-12-4-2)9-10-18(19)20/h3-10,13,20,22-24H,1-2,11-12,14H2/t20-,22-,23?,24?/m1/s1. The van der Waals surface area contributed by atoms with Crippen LogP contribution in [0.15, 0.2) is 67.8 Å². The van der Waals surface area contributed by atoms with E-state index in [-0.39, 0.29) is 29.9 Å². The van der Waals surface area contributed by atoms with Gasteiger partial charge in [-0.2, -0.15) is 0 Å². The second-order valence-electron chi connectivity index (χ2n) is 8.30. The van der Waals surface area contributed by atoms with Crippen molar-refractivity contribution in [3.05, 3.63) is 78.9 Å². The first-order valence-corrected chi connectivity index (χ1v) is 10.7. The van der Waals surface area contributed by atoms with Crippen molar-refractivity contribution in [1.29, 1.82) is 0 Å². The molecule has 32 heavy (non-hydrogen) atoms. The molecule has 2 fully saturated rings. The fourth-order valence-electron chi connectivity index (χ4n) is 5.33. The number of imide groups is 1. The number of carbonyl (C=O) groups is 3. The Hall–Kier alpha value is -3.67. The van der Waals surface area contributed by atoms with E-state index in [4.69, 9.17) is 9.47 Å². The molecule has 2 unspecified atom stereocenters. The van der Waals surface area contributed by atoms with Gasteiger partial charge >= 0.3 is 0 Å². The lowest BCUT2D eigenvalue weighted by Crippen LogP contribution is -2.45. The van der Waals surface area contributed by atoms with Gasteiger partial charge in [-0.25, -0.2) is 0 Å². The fraction of sp³-hybridized carbons (Fsp3) is 0.269. The molecule has 2 aromatic carbocycles. The van der Waals surface area contributed by atoms with Gasteiger partial charge in [0, 0.05) is 12.3 Å². The van der Waals surface area contributed by atoms with Crippen LogP contribution in [0.5, 0.6) is 11.5 Å². The number of hydrogen-bond acceptors (Lipinski definition) is 5. The SMILES string of the molecule is C=CCOc1ccc(N2C(=O)C3C(C2=O)[C@H]2C(=O)C[C@@H]3c3ccc(OCC=C)cc32)cc1. The summed E-state index contributed by atoms with van der Waals surface area (Å²) in [5.74, 6) is -1.39. The maximum absolute atomic E-state index is 13.5. The third kappa shape index (κ3) is 2.98. The highest BCUT2D eigenvalue weighted by molar-refractivity contribution is 6.24. The average Bonchev–Trinajstić information content (AvgIpc) is 3.07. The summed E-state index contributed by atoms with van der Waals surface area (Å²) < 4.78 is 11.1. The van der Waals surface area contributed by atoms with Gasteiger partial charge in [-0.3, -0.25) is 19.3 Å². The normalized spacial score (nSPS) is 25.4. The van der Waals surface area contributed by atoms with Crippen LogP contribution in [0.1, 0.15) is 29.4 Å². The van der Waals surface area contributed by atoms with Crippen molar-refractivity contribution in [1.82, 2.24) is 0 Å². The van der Waals surface area contributed by atoms with Gasteiger partial charge in [0.15, 0.2) is 0 Å². The first-order valence-electron chi connectivity index (χ1n) is 10.7. The summed E-state index contributed by atoms with van der Waals surface area (Å²) in [6.07, 6.45) is 3.58. The highest BCUT2D eigenvalue weighted by Crippen LogP contribution is 2.58.